The van der Waals surface area contributed by atoms with Gasteiger partial charge in [-0.3, -0.25) is 4.79 Å². The molecule has 0 aliphatic carbocycles. The van der Waals surface area contributed by atoms with E-state index >= 15 is 0 Å². The number of hydrogen-bond acceptors (Lipinski definition) is 1. The Labute approximate surface area is 163 Å². The first-order chi connectivity index (χ1) is 10.5. The highest BCUT2D eigenvalue weighted by Crippen LogP contribution is 2.35. The van der Waals surface area contributed by atoms with Gasteiger partial charge in [-0.2, -0.15) is 0 Å². The summed E-state index contributed by atoms with van der Waals surface area (Å²) in [5, 5.41) is 0. The lowest BCUT2D eigenvalue weighted by atomic mass is 10.1. The smallest absolute Gasteiger partial charge is 0.208 e. The molecule has 0 saturated carbocycles. The number of rotatable bonds is 4. The van der Waals surface area contributed by atoms with E-state index in [1.807, 2.05) is 54.6 Å². The van der Waals surface area contributed by atoms with Crippen LogP contribution in [0.3, 0.4) is 0 Å². The molecule has 112 valence electrons. The Morgan fingerprint density at radius 3 is 2.09 bits per heavy atom. The zero-order valence-electron chi connectivity index (χ0n) is 11.2. The Bertz CT molecular complexity index is 748. The van der Waals surface area contributed by atoms with Crippen LogP contribution >= 0.6 is 63.7 Å². The summed E-state index contributed by atoms with van der Waals surface area (Å²) in [6.45, 7) is 0. The normalized spacial score (nSPS) is 12.8. The van der Waals surface area contributed by atoms with E-state index in [4.69, 9.17) is 0 Å². The van der Waals surface area contributed by atoms with Gasteiger partial charge in [-0.05, 0) is 65.5 Å². The molecule has 0 fully saturated rings. The van der Waals surface area contributed by atoms with Gasteiger partial charge in [0.05, 0.1) is 8.96 Å². The standard InChI is InChI=1S/C17H10Br4O/c18-13-9-5-4-8-12(13)15(20)16(21)17(22)14(19)10-11-6-2-1-3-7-11/h1-10H. The molecule has 0 aliphatic heterocycles. The number of halogens is 4. The van der Waals surface area contributed by atoms with Crippen molar-refractivity contribution in [1.29, 1.82) is 0 Å². The van der Waals surface area contributed by atoms with Crippen molar-refractivity contribution in [2.45, 2.75) is 0 Å². The van der Waals surface area contributed by atoms with Gasteiger partial charge in [0.2, 0.25) is 5.78 Å². The Kier molecular flexibility index (Phi) is 6.81. The minimum absolute atomic E-state index is 0.133. The fourth-order valence-corrected chi connectivity index (χ4v) is 4.15. The van der Waals surface area contributed by atoms with Crippen molar-refractivity contribution in [3.8, 4) is 0 Å². The molecule has 0 radical (unpaired) electrons. The minimum Gasteiger partial charge on any atom is -0.287 e. The van der Waals surface area contributed by atoms with E-state index in [9.17, 15) is 4.79 Å². The van der Waals surface area contributed by atoms with Crippen LogP contribution in [-0.2, 0) is 4.79 Å². The van der Waals surface area contributed by atoms with Gasteiger partial charge in [-0.15, -0.1) is 0 Å². The minimum atomic E-state index is -0.133. The first-order valence-corrected chi connectivity index (χ1v) is 9.45. The monoisotopic (exact) mass is 546 g/mol. The van der Waals surface area contributed by atoms with Gasteiger partial charge in [-0.1, -0.05) is 64.5 Å². The summed E-state index contributed by atoms with van der Waals surface area (Å²) in [5.41, 5.74) is 1.86. The molecule has 1 nitrogen and oxygen atoms in total. The van der Waals surface area contributed by atoms with E-state index in [0.717, 1.165) is 15.6 Å². The Morgan fingerprint density at radius 2 is 1.45 bits per heavy atom. The first-order valence-electron chi connectivity index (χ1n) is 6.28. The summed E-state index contributed by atoms with van der Waals surface area (Å²) in [5.74, 6) is -0.133. The van der Waals surface area contributed by atoms with E-state index in [2.05, 4.69) is 63.7 Å². The van der Waals surface area contributed by atoms with Crippen molar-refractivity contribution in [3.63, 3.8) is 0 Å². The number of carbonyl (C=O) groups excluding carboxylic acids is 1. The molecule has 0 saturated heterocycles. The SMILES string of the molecule is O=C(C(Br)=Cc1ccccc1)C(Br)=C(Br)c1ccccc1Br. The average molecular weight is 550 g/mol. The van der Waals surface area contributed by atoms with Crippen molar-refractivity contribution >= 4 is 80.1 Å². The summed E-state index contributed by atoms with van der Waals surface area (Å²) in [6, 6.07) is 17.4. The van der Waals surface area contributed by atoms with Crippen LogP contribution in [0.4, 0.5) is 0 Å². The van der Waals surface area contributed by atoms with Crippen molar-refractivity contribution in [2.75, 3.05) is 0 Å². The van der Waals surface area contributed by atoms with E-state index < -0.39 is 0 Å². The van der Waals surface area contributed by atoms with Gasteiger partial charge < -0.3 is 0 Å². The molecule has 0 N–H and O–H groups in total. The van der Waals surface area contributed by atoms with Crippen LogP contribution < -0.4 is 0 Å². The second-order valence-corrected chi connectivity index (χ2v) is 7.63. The molecule has 2 rings (SSSR count). The van der Waals surface area contributed by atoms with Crippen molar-refractivity contribution in [3.05, 3.63) is 79.2 Å². The Hall–Kier alpha value is -0.490. The zero-order valence-corrected chi connectivity index (χ0v) is 17.5. The van der Waals surface area contributed by atoms with E-state index in [1.54, 1.807) is 6.08 Å². The number of Topliss-reactive ketones (excluding diaryl/α,β-unsaturated/α-hetero) is 1. The molecule has 5 heteroatoms. The number of hydrogen-bond donors (Lipinski definition) is 0. The van der Waals surface area contributed by atoms with Crippen LogP contribution in [0.15, 0.2) is 68.0 Å². The molecule has 0 heterocycles. The van der Waals surface area contributed by atoms with Crippen molar-refractivity contribution < 1.29 is 4.79 Å². The molecule has 22 heavy (non-hydrogen) atoms. The maximum Gasteiger partial charge on any atom is 0.208 e. The molecule has 0 aliphatic rings. The zero-order chi connectivity index (χ0) is 16.1. The lowest BCUT2D eigenvalue weighted by Gasteiger charge is -2.06. The maximum atomic E-state index is 12.5. The second-order valence-electron chi connectivity index (χ2n) is 4.34. The third-order valence-electron chi connectivity index (χ3n) is 2.81. The van der Waals surface area contributed by atoms with E-state index in [-0.39, 0.29) is 5.78 Å². The van der Waals surface area contributed by atoms with Crippen LogP contribution in [0.1, 0.15) is 11.1 Å². The molecule has 2 aromatic carbocycles. The predicted octanol–water partition coefficient (Wildman–Crippen LogP) is 6.91. The molecular weight excluding hydrogens is 540 g/mol. The van der Waals surface area contributed by atoms with Gasteiger partial charge in [0.1, 0.15) is 0 Å². The highest BCUT2D eigenvalue weighted by Gasteiger charge is 2.16. The fourth-order valence-electron chi connectivity index (χ4n) is 1.72. The van der Waals surface area contributed by atoms with Crippen LogP contribution in [0.25, 0.3) is 10.6 Å². The molecular formula is C17H10Br4O. The van der Waals surface area contributed by atoms with Gasteiger partial charge in [0.25, 0.3) is 0 Å². The van der Waals surface area contributed by atoms with Crippen molar-refractivity contribution in [2.24, 2.45) is 0 Å². The van der Waals surface area contributed by atoms with Crippen LogP contribution in [-0.4, -0.2) is 5.78 Å². The highest BCUT2D eigenvalue weighted by molar-refractivity contribution is 9.17. The largest absolute Gasteiger partial charge is 0.287 e. The summed E-state index contributed by atoms with van der Waals surface area (Å²) in [6.07, 6.45) is 1.80. The Morgan fingerprint density at radius 1 is 0.864 bits per heavy atom. The molecule has 0 bridgehead atoms. The summed E-state index contributed by atoms with van der Waals surface area (Å²) in [4.78, 5) is 12.5. The van der Waals surface area contributed by atoms with E-state index in [1.165, 1.54) is 0 Å². The summed E-state index contributed by atoms with van der Waals surface area (Å²) in [7, 11) is 0. The summed E-state index contributed by atoms with van der Waals surface area (Å²) >= 11 is 13.7. The lowest BCUT2D eigenvalue weighted by Crippen LogP contribution is -1.99. The van der Waals surface area contributed by atoms with Crippen LogP contribution in [0, 0.1) is 0 Å². The fraction of sp³-hybridized carbons (Fsp3) is 0. The molecule has 0 atom stereocenters. The van der Waals surface area contributed by atoms with Gasteiger partial charge in [0.15, 0.2) is 0 Å². The number of ketones is 1. The quantitative estimate of drug-likeness (QED) is 0.379. The van der Waals surface area contributed by atoms with Crippen molar-refractivity contribution in [1.82, 2.24) is 0 Å². The molecule has 0 unspecified atom stereocenters. The number of benzene rings is 2. The number of allylic oxidation sites excluding steroid dienone is 2. The van der Waals surface area contributed by atoms with Crippen LogP contribution in [0.5, 0.6) is 0 Å². The van der Waals surface area contributed by atoms with E-state index in [0.29, 0.717) is 13.4 Å². The average Bonchev–Trinajstić information content (AvgIpc) is 2.54. The van der Waals surface area contributed by atoms with Gasteiger partial charge in [-0.25, -0.2) is 0 Å². The third kappa shape index (κ3) is 4.51. The summed E-state index contributed by atoms with van der Waals surface area (Å²) < 4.78 is 2.55. The van der Waals surface area contributed by atoms with Gasteiger partial charge >= 0.3 is 0 Å². The van der Waals surface area contributed by atoms with Gasteiger partial charge in [0, 0.05) is 14.5 Å². The molecule has 0 spiro atoms. The van der Waals surface area contributed by atoms with Crippen LogP contribution in [0.2, 0.25) is 0 Å². The highest BCUT2D eigenvalue weighted by atomic mass is 79.9. The lowest BCUT2D eigenvalue weighted by molar-refractivity contribution is -0.110. The second kappa shape index (κ2) is 8.39. The molecule has 0 aromatic heterocycles. The topological polar surface area (TPSA) is 17.1 Å². The molecule has 0 amide bonds. The Balaban J connectivity index is 2.34. The third-order valence-corrected chi connectivity index (χ3v) is 6.21. The maximum absolute atomic E-state index is 12.5. The number of carbonyl (C=O) groups is 1. The first kappa shape index (κ1) is 17.9. The predicted molar refractivity (Wildman–Crippen MR) is 107 cm³/mol. The molecule has 2 aromatic rings.